The minimum Gasteiger partial charge on any atom is -0.481 e. The Hall–Kier alpha value is -4.46. The number of carboxylic acids is 1. The van der Waals surface area contributed by atoms with Crippen molar-refractivity contribution in [2.75, 3.05) is 18.0 Å². The van der Waals surface area contributed by atoms with Crippen LogP contribution in [0.15, 0.2) is 83.1 Å². The molecule has 200 valence electrons. The highest BCUT2D eigenvalue weighted by Crippen LogP contribution is 2.46. The van der Waals surface area contributed by atoms with Gasteiger partial charge in [0.2, 0.25) is 0 Å². The third kappa shape index (κ3) is 4.15. The number of carbonyl (C=O) groups is 1. The van der Waals surface area contributed by atoms with Crippen molar-refractivity contribution in [3.63, 3.8) is 0 Å². The first-order valence-corrected chi connectivity index (χ1v) is 14.7. The van der Waals surface area contributed by atoms with Crippen molar-refractivity contribution in [1.82, 2.24) is 3.97 Å². The highest BCUT2D eigenvalue weighted by atomic mass is 32.2. The van der Waals surface area contributed by atoms with E-state index in [-0.39, 0.29) is 10.4 Å². The topological polar surface area (TPSA) is 103 Å². The predicted molar refractivity (Wildman–Crippen MR) is 152 cm³/mol. The quantitative estimate of drug-likeness (QED) is 0.264. The molecule has 1 N–H and O–H groups in total. The molecule has 1 saturated heterocycles. The first-order chi connectivity index (χ1) is 19.2. The smallest absolute Gasteiger partial charge is 0.310 e. The van der Waals surface area contributed by atoms with Crippen LogP contribution < -0.4 is 4.90 Å². The molecule has 7 nitrogen and oxygen atoms in total. The zero-order valence-electron chi connectivity index (χ0n) is 21.2. The number of carboxylic acid groups (broad SMARTS) is 1. The summed E-state index contributed by atoms with van der Waals surface area (Å²) in [5.74, 6) is -1.87. The van der Waals surface area contributed by atoms with E-state index in [1.165, 1.54) is 39.6 Å². The van der Waals surface area contributed by atoms with E-state index in [1.807, 2.05) is 17.0 Å². The molecule has 0 atom stereocenters. The van der Waals surface area contributed by atoms with Crippen LogP contribution in [0.25, 0.3) is 33.3 Å². The Labute approximate surface area is 234 Å². The number of fused-ring (bicyclic) bond motifs is 1. The number of anilines is 1. The van der Waals surface area contributed by atoms with E-state index in [1.54, 1.807) is 48.7 Å². The monoisotopic (exact) mass is 571 g/mol. The van der Waals surface area contributed by atoms with E-state index in [0.29, 0.717) is 45.7 Å². The maximum Gasteiger partial charge on any atom is 0.310 e. The fourth-order valence-electron chi connectivity index (χ4n) is 5.19. The summed E-state index contributed by atoms with van der Waals surface area (Å²) in [6.45, 7) is 2.48. The van der Waals surface area contributed by atoms with Gasteiger partial charge in [-0.2, -0.15) is 5.26 Å². The lowest BCUT2D eigenvalue weighted by molar-refractivity contribution is -0.142. The van der Waals surface area contributed by atoms with Gasteiger partial charge in [0, 0.05) is 40.9 Å². The van der Waals surface area contributed by atoms with Crippen LogP contribution in [-0.2, 0) is 14.8 Å². The van der Waals surface area contributed by atoms with Gasteiger partial charge in [0.1, 0.15) is 16.8 Å². The maximum absolute atomic E-state index is 14.7. The Kier molecular flexibility index (Phi) is 6.21. The number of nitrogens with zero attached hydrogens (tertiary/aromatic N) is 3. The first-order valence-electron chi connectivity index (χ1n) is 12.4. The SMILES string of the molecule is Cc1cccc(S(=O)(=O)n2c(-c3cccc(N4CC(C(=O)O)C4)c3)c(-c3ccsc3C#N)c3cc(F)ccc32)c1. The fourth-order valence-corrected chi connectivity index (χ4v) is 7.53. The largest absolute Gasteiger partial charge is 0.481 e. The van der Waals surface area contributed by atoms with Gasteiger partial charge in [0.05, 0.1) is 22.0 Å². The van der Waals surface area contributed by atoms with Crippen LogP contribution >= 0.6 is 11.3 Å². The lowest BCUT2D eigenvalue weighted by atomic mass is 9.96. The van der Waals surface area contributed by atoms with Gasteiger partial charge < -0.3 is 10.0 Å². The number of benzene rings is 3. The second kappa shape index (κ2) is 9.62. The summed E-state index contributed by atoms with van der Waals surface area (Å²) in [6, 6.07) is 21.7. The van der Waals surface area contributed by atoms with Crippen LogP contribution in [0, 0.1) is 30.0 Å². The molecule has 5 aromatic rings. The number of aromatic nitrogens is 1. The van der Waals surface area contributed by atoms with Crippen molar-refractivity contribution in [2.45, 2.75) is 11.8 Å². The Bertz CT molecular complexity index is 1960. The molecule has 1 fully saturated rings. The van der Waals surface area contributed by atoms with E-state index < -0.39 is 27.7 Å². The van der Waals surface area contributed by atoms with Crippen molar-refractivity contribution in [1.29, 1.82) is 5.26 Å². The average Bonchev–Trinajstić information content (AvgIpc) is 3.49. The molecule has 1 aliphatic heterocycles. The molecular weight excluding hydrogens is 549 g/mol. The third-order valence-corrected chi connectivity index (χ3v) is 9.69. The standard InChI is InChI=1S/C30H22FN3O4S2/c1-18-4-2-7-23(12-18)40(37,38)34-26-9-8-21(31)14-25(26)28(24-10-11-39-27(24)15-32)29(34)19-5-3-6-22(13-19)33-16-20(17-33)30(35)36/h2-14,20H,16-17H2,1H3,(H,35,36). The Balaban J connectivity index is 1.68. The maximum atomic E-state index is 14.7. The first kappa shape index (κ1) is 25.8. The normalized spacial score (nSPS) is 13.8. The van der Waals surface area contributed by atoms with E-state index in [2.05, 4.69) is 6.07 Å². The molecule has 2 aromatic heterocycles. The average molecular weight is 572 g/mol. The highest BCUT2D eigenvalue weighted by Gasteiger charge is 2.34. The van der Waals surface area contributed by atoms with Gasteiger partial charge in [0.25, 0.3) is 10.0 Å². The molecule has 1 aliphatic rings. The van der Waals surface area contributed by atoms with Crippen LogP contribution in [0.2, 0.25) is 0 Å². The number of nitriles is 1. The molecule has 0 spiro atoms. The zero-order valence-corrected chi connectivity index (χ0v) is 22.8. The van der Waals surface area contributed by atoms with Crippen molar-refractivity contribution in [3.8, 4) is 28.5 Å². The van der Waals surface area contributed by atoms with Crippen molar-refractivity contribution in [2.24, 2.45) is 5.92 Å². The second-order valence-corrected chi connectivity index (χ2v) is 12.4. The lowest BCUT2D eigenvalue weighted by Gasteiger charge is -2.38. The van der Waals surface area contributed by atoms with E-state index >= 15 is 0 Å². The second-order valence-electron chi connectivity index (χ2n) is 9.74. The van der Waals surface area contributed by atoms with Gasteiger partial charge >= 0.3 is 5.97 Å². The van der Waals surface area contributed by atoms with Gasteiger partial charge in [-0.1, -0.05) is 24.3 Å². The number of hydrogen-bond donors (Lipinski definition) is 1. The summed E-state index contributed by atoms with van der Waals surface area (Å²) in [5.41, 5.74) is 3.57. The van der Waals surface area contributed by atoms with Crippen molar-refractivity contribution >= 4 is 43.9 Å². The number of aryl methyl sites for hydroxylation is 1. The minimum atomic E-state index is -4.19. The lowest BCUT2D eigenvalue weighted by Crippen LogP contribution is -2.50. The van der Waals surface area contributed by atoms with Crippen molar-refractivity contribution in [3.05, 3.63) is 94.4 Å². The molecular formula is C30H22FN3O4S2. The van der Waals surface area contributed by atoms with Crippen LogP contribution in [0.1, 0.15) is 10.4 Å². The molecule has 40 heavy (non-hydrogen) atoms. The van der Waals surface area contributed by atoms with Crippen molar-refractivity contribution < 1.29 is 22.7 Å². The fraction of sp³-hybridized carbons (Fsp3) is 0.133. The molecule has 6 rings (SSSR count). The molecule has 0 amide bonds. The molecule has 0 aliphatic carbocycles. The van der Waals surface area contributed by atoms with E-state index in [9.17, 15) is 28.0 Å². The van der Waals surface area contributed by atoms with Crippen LogP contribution in [-0.4, -0.2) is 36.6 Å². The van der Waals surface area contributed by atoms with Crippen LogP contribution in [0.3, 0.4) is 0 Å². The summed E-state index contributed by atoms with van der Waals surface area (Å²) in [6.07, 6.45) is 0. The molecule has 3 aromatic carbocycles. The predicted octanol–water partition coefficient (Wildman–Crippen LogP) is 6.11. The number of hydrogen-bond acceptors (Lipinski definition) is 6. The highest BCUT2D eigenvalue weighted by molar-refractivity contribution is 7.90. The number of rotatable bonds is 6. The molecule has 0 bridgehead atoms. The van der Waals surface area contributed by atoms with Gasteiger partial charge in [0.15, 0.2) is 0 Å². The summed E-state index contributed by atoms with van der Waals surface area (Å²) in [4.78, 5) is 13.7. The Morgan fingerprint density at radius 1 is 1.07 bits per heavy atom. The number of aliphatic carboxylic acids is 1. The third-order valence-electron chi connectivity index (χ3n) is 7.17. The van der Waals surface area contributed by atoms with Crippen LogP contribution in [0.4, 0.5) is 10.1 Å². The summed E-state index contributed by atoms with van der Waals surface area (Å²) in [5, 5.41) is 21.3. The number of halogens is 1. The van der Waals surface area contributed by atoms with Gasteiger partial charge in [-0.25, -0.2) is 16.8 Å². The molecule has 0 saturated carbocycles. The summed E-state index contributed by atoms with van der Waals surface area (Å²) in [7, 11) is -4.19. The number of thiophene rings is 1. The molecule has 0 unspecified atom stereocenters. The van der Waals surface area contributed by atoms with E-state index in [4.69, 9.17) is 0 Å². The van der Waals surface area contributed by atoms with Gasteiger partial charge in [-0.05, 0) is 66.4 Å². The zero-order chi connectivity index (χ0) is 28.2. The summed E-state index contributed by atoms with van der Waals surface area (Å²) >= 11 is 1.22. The van der Waals surface area contributed by atoms with E-state index in [0.717, 1.165) is 11.3 Å². The molecule has 10 heteroatoms. The van der Waals surface area contributed by atoms with Gasteiger partial charge in [-0.3, -0.25) is 4.79 Å². The van der Waals surface area contributed by atoms with Gasteiger partial charge in [-0.15, -0.1) is 11.3 Å². The Morgan fingerprint density at radius 3 is 2.58 bits per heavy atom. The molecule has 3 heterocycles. The minimum absolute atomic E-state index is 0.0792. The Morgan fingerprint density at radius 2 is 1.85 bits per heavy atom. The molecule has 0 radical (unpaired) electrons. The summed E-state index contributed by atoms with van der Waals surface area (Å²) < 4.78 is 44.6. The van der Waals surface area contributed by atoms with Crippen LogP contribution in [0.5, 0.6) is 0 Å².